The molecule has 28 heavy (non-hydrogen) atoms. The van der Waals surface area contributed by atoms with Crippen LogP contribution in [0.3, 0.4) is 0 Å². The van der Waals surface area contributed by atoms with Gasteiger partial charge in [-0.1, -0.05) is 12.1 Å². The Morgan fingerprint density at radius 3 is 2.96 bits per heavy atom. The average molecular weight is 377 g/mol. The van der Waals surface area contributed by atoms with Gasteiger partial charge in [-0.15, -0.1) is 0 Å². The van der Waals surface area contributed by atoms with Crippen LogP contribution in [0.5, 0.6) is 0 Å². The van der Waals surface area contributed by atoms with Gasteiger partial charge < -0.3 is 20.7 Å². The van der Waals surface area contributed by atoms with Crippen LogP contribution in [0.15, 0.2) is 42.7 Å². The minimum absolute atomic E-state index is 0.153. The largest absolute Gasteiger partial charge is 0.378 e. The second-order valence-corrected chi connectivity index (χ2v) is 7.32. The van der Waals surface area contributed by atoms with Crippen molar-refractivity contribution < 1.29 is 9.90 Å². The summed E-state index contributed by atoms with van der Waals surface area (Å²) in [5.41, 5.74) is 3.48. The predicted octanol–water partition coefficient (Wildman–Crippen LogP) is 2.41. The fraction of sp³-hybridized carbons (Fsp3) is 0.333. The Labute approximate surface area is 163 Å². The van der Waals surface area contributed by atoms with Gasteiger partial charge in [-0.3, -0.25) is 10.1 Å². The van der Waals surface area contributed by atoms with Gasteiger partial charge in [-0.05, 0) is 55.7 Å². The van der Waals surface area contributed by atoms with Crippen LogP contribution < -0.4 is 16.0 Å². The van der Waals surface area contributed by atoms with E-state index in [-0.39, 0.29) is 12.1 Å². The van der Waals surface area contributed by atoms with Crippen LogP contribution in [0.2, 0.25) is 0 Å². The quantitative estimate of drug-likeness (QED) is 0.496. The maximum absolute atomic E-state index is 12.1. The van der Waals surface area contributed by atoms with Crippen LogP contribution in [-0.4, -0.2) is 28.4 Å². The van der Waals surface area contributed by atoms with Crippen LogP contribution in [0.1, 0.15) is 25.3 Å². The van der Waals surface area contributed by atoms with E-state index in [1.54, 1.807) is 6.92 Å². The number of nitrogens with zero attached hydrogens (tertiary/aromatic N) is 1. The van der Waals surface area contributed by atoms with Crippen molar-refractivity contribution >= 4 is 28.1 Å². The second kappa shape index (κ2) is 7.50. The van der Waals surface area contributed by atoms with Gasteiger partial charge in [0, 0.05) is 17.1 Å². The molecule has 0 saturated heterocycles. The maximum Gasteiger partial charge on any atom is 0.241 e. The third-order valence-corrected chi connectivity index (χ3v) is 5.18. The molecular weight excluding hydrogens is 354 g/mol. The molecular formula is C21H23N5O2. The van der Waals surface area contributed by atoms with E-state index >= 15 is 0 Å². The van der Waals surface area contributed by atoms with Crippen molar-refractivity contribution in [2.45, 2.75) is 32.2 Å². The molecule has 1 fully saturated rings. The molecule has 2 aromatic rings. The molecule has 144 valence electrons. The van der Waals surface area contributed by atoms with Gasteiger partial charge in [-0.25, -0.2) is 0 Å². The molecule has 0 spiro atoms. The van der Waals surface area contributed by atoms with Crippen LogP contribution in [0.25, 0.3) is 16.5 Å². The third kappa shape index (κ3) is 3.65. The summed E-state index contributed by atoms with van der Waals surface area (Å²) >= 11 is 0. The van der Waals surface area contributed by atoms with E-state index in [0.717, 1.165) is 34.9 Å². The number of amides is 1. The zero-order valence-electron chi connectivity index (χ0n) is 15.6. The van der Waals surface area contributed by atoms with E-state index in [2.05, 4.69) is 20.9 Å². The van der Waals surface area contributed by atoms with E-state index in [1.807, 2.05) is 48.8 Å². The minimum atomic E-state index is -0.718. The van der Waals surface area contributed by atoms with Crippen molar-refractivity contribution in [2.24, 2.45) is 11.8 Å². The van der Waals surface area contributed by atoms with Gasteiger partial charge in [0.2, 0.25) is 5.91 Å². The predicted molar refractivity (Wildman–Crippen MR) is 108 cm³/mol. The molecule has 5 N–H and O–H groups in total. The first-order chi connectivity index (χ1) is 13.6. The summed E-state index contributed by atoms with van der Waals surface area (Å²) in [6.07, 6.45) is 9.26. The molecule has 2 aliphatic rings. The standard InChI is InChI=1S/C21H23N5O2/c1-12(10-22)20(27)25-17-4-2-3-15-16(11-24-19(15)17)14-7-8-23-18(9-14)26-21(28)13-5-6-13/h2-4,7-9,11-13,18,21,23-24,26,28H,5-6H2,1H3,(H,25,27). The first kappa shape index (κ1) is 18.3. The van der Waals surface area contributed by atoms with Crippen molar-refractivity contribution in [3.05, 3.63) is 48.3 Å². The molecule has 2 heterocycles. The van der Waals surface area contributed by atoms with E-state index in [9.17, 15) is 9.90 Å². The average Bonchev–Trinajstić information content (AvgIpc) is 3.47. The van der Waals surface area contributed by atoms with Crippen LogP contribution >= 0.6 is 0 Å². The number of allylic oxidation sites excluding steroid dienone is 2. The normalized spacial score (nSPS) is 20.8. The number of aromatic nitrogens is 1. The number of nitriles is 1. The van der Waals surface area contributed by atoms with E-state index in [4.69, 9.17) is 5.26 Å². The molecule has 1 aliphatic heterocycles. The van der Waals surface area contributed by atoms with Crippen molar-refractivity contribution in [1.29, 1.82) is 5.26 Å². The Hall–Kier alpha value is -3.08. The number of aromatic amines is 1. The van der Waals surface area contributed by atoms with Crippen molar-refractivity contribution in [3.8, 4) is 6.07 Å². The number of aliphatic hydroxyl groups excluding tert-OH is 1. The lowest BCUT2D eigenvalue weighted by atomic mass is 10.0. The summed E-state index contributed by atoms with van der Waals surface area (Å²) in [5.74, 6) is -0.699. The number of aliphatic hydroxyl groups is 1. The molecule has 1 aromatic carbocycles. The highest BCUT2D eigenvalue weighted by atomic mass is 16.3. The number of anilines is 1. The number of H-pyrrole nitrogens is 1. The fourth-order valence-corrected chi connectivity index (χ4v) is 3.33. The Kier molecular flexibility index (Phi) is 4.90. The minimum Gasteiger partial charge on any atom is -0.378 e. The highest BCUT2D eigenvalue weighted by molar-refractivity contribution is 6.05. The summed E-state index contributed by atoms with van der Waals surface area (Å²) in [7, 11) is 0. The number of hydrogen-bond donors (Lipinski definition) is 5. The Bertz CT molecular complexity index is 996. The third-order valence-electron chi connectivity index (χ3n) is 5.18. The number of nitrogens with one attached hydrogen (secondary N) is 4. The number of benzene rings is 1. The summed E-state index contributed by atoms with van der Waals surface area (Å²) in [4.78, 5) is 15.3. The van der Waals surface area contributed by atoms with Gasteiger partial charge >= 0.3 is 0 Å². The zero-order chi connectivity index (χ0) is 19.7. The molecule has 4 rings (SSSR count). The van der Waals surface area contributed by atoms with Crippen LogP contribution in [0.4, 0.5) is 5.69 Å². The van der Waals surface area contributed by atoms with Crippen molar-refractivity contribution in [1.82, 2.24) is 15.6 Å². The number of carbonyl (C=O) groups excluding carboxylic acids is 1. The van der Waals surface area contributed by atoms with Crippen LogP contribution in [0, 0.1) is 23.2 Å². The first-order valence-electron chi connectivity index (χ1n) is 9.46. The molecule has 1 saturated carbocycles. The van der Waals surface area contributed by atoms with Crippen molar-refractivity contribution in [2.75, 3.05) is 5.32 Å². The van der Waals surface area contributed by atoms with Gasteiger partial charge in [0.05, 0.1) is 23.4 Å². The molecule has 1 aliphatic carbocycles. The highest BCUT2D eigenvalue weighted by Gasteiger charge is 2.31. The lowest BCUT2D eigenvalue weighted by Crippen LogP contribution is -2.46. The molecule has 3 unspecified atom stereocenters. The SMILES string of the molecule is CC(C#N)C(=O)Nc1cccc2c(C3=CC(NC(O)C4CC4)NC=C3)c[nH]c12. The summed E-state index contributed by atoms with van der Waals surface area (Å²) in [6.45, 7) is 1.57. The smallest absolute Gasteiger partial charge is 0.241 e. The number of fused-ring (bicyclic) bond motifs is 1. The number of carbonyl (C=O) groups is 1. The second-order valence-electron chi connectivity index (χ2n) is 7.32. The van der Waals surface area contributed by atoms with E-state index < -0.39 is 12.1 Å². The Balaban J connectivity index is 1.59. The number of dihydropyridines is 1. The monoisotopic (exact) mass is 377 g/mol. The van der Waals surface area contributed by atoms with Gasteiger partial charge in [-0.2, -0.15) is 5.26 Å². The molecule has 0 bridgehead atoms. The highest BCUT2D eigenvalue weighted by Crippen LogP contribution is 2.33. The first-order valence-corrected chi connectivity index (χ1v) is 9.46. The lowest BCUT2D eigenvalue weighted by Gasteiger charge is -2.23. The molecule has 7 heteroatoms. The topological polar surface area (TPSA) is 113 Å². The maximum atomic E-state index is 12.1. The Morgan fingerprint density at radius 1 is 1.39 bits per heavy atom. The van der Waals surface area contributed by atoms with Gasteiger partial charge in [0.25, 0.3) is 0 Å². The zero-order valence-corrected chi connectivity index (χ0v) is 15.6. The van der Waals surface area contributed by atoms with E-state index in [1.165, 1.54) is 0 Å². The molecule has 1 aromatic heterocycles. The van der Waals surface area contributed by atoms with Gasteiger partial charge in [0.15, 0.2) is 0 Å². The number of para-hydroxylation sites is 1. The van der Waals surface area contributed by atoms with E-state index in [0.29, 0.717) is 11.6 Å². The number of hydrogen-bond acceptors (Lipinski definition) is 5. The number of rotatable bonds is 6. The Morgan fingerprint density at radius 2 is 2.21 bits per heavy atom. The molecule has 1 amide bonds. The van der Waals surface area contributed by atoms with Crippen molar-refractivity contribution in [3.63, 3.8) is 0 Å². The lowest BCUT2D eigenvalue weighted by molar-refractivity contribution is -0.117. The van der Waals surface area contributed by atoms with Gasteiger partial charge in [0.1, 0.15) is 12.1 Å². The fourth-order valence-electron chi connectivity index (χ4n) is 3.33. The summed E-state index contributed by atoms with van der Waals surface area (Å²) < 4.78 is 0. The summed E-state index contributed by atoms with van der Waals surface area (Å²) in [6, 6.07) is 7.63. The van der Waals surface area contributed by atoms with Crippen LogP contribution in [-0.2, 0) is 4.79 Å². The molecule has 0 radical (unpaired) electrons. The molecule has 7 nitrogen and oxygen atoms in total. The molecule has 3 atom stereocenters. The summed E-state index contributed by atoms with van der Waals surface area (Å²) in [5, 5.41) is 29.3.